The van der Waals surface area contributed by atoms with Gasteiger partial charge in [-0.3, -0.25) is 10.1 Å². The van der Waals surface area contributed by atoms with Crippen LogP contribution in [0, 0.1) is 0 Å². The highest BCUT2D eigenvalue weighted by atomic mass is 17.0. The predicted molar refractivity (Wildman–Crippen MR) is 23.3 cm³/mol. The second-order valence-corrected chi connectivity index (χ2v) is 1.09. The van der Waals surface area contributed by atoms with Crippen molar-refractivity contribution in [1.82, 2.24) is 10.5 Å². The van der Waals surface area contributed by atoms with Crippen LogP contribution in [0.15, 0.2) is 0 Å². The lowest BCUT2D eigenvalue weighted by Crippen LogP contribution is -2.38. The maximum absolute atomic E-state index is 4.62. The van der Waals surface area contributed by atoms with Gasteiger partial charge in [0, 0.05) is 0 Å². The summed E-state index contributed by atoms with van der Waals surface area (Å²) < 4.78 is 0. The normalized spacial score (nSPS) is 24.9. The van der Waals surface area contributed by atoms with Crippen LogP contribution in [0.3, 0.4) is 0 Å². The van der Waals surface area contributed by atoms with Crippen molar-refractivity contribution >= 4 is 0 Å². The van der Waals surface area contributed by atoms with Crippen LogP contribution in [-0.2, 0) is 4.94 Å². The summed E-state index contributed by atoms with van der Waals surface area (Å²) in [5.74, 6) is 0. The molecule has 0 radical (unpaired) electrons. The van der Waals surface area contributed by atoms with Crippen molar-refractivity contribution < 1.29 is 4.94 Å². The summed E-state index contributed by atoms with van der Waals surface area (Å²) in [6.07, 6.45) is 0. The Morgan fingerprint density at radius 2 is 2.29 bits per heavy atom. The van der Waals surface area contributed by atoms with E-state index in [1.54, 1.807) is 14.1 Å². The third kappa shape index (κ3) is 0.872. The van der Waals surface area contributed by atoms with Crippen molar-refractivity contribution in [2.75, 3.05) is 14.1 Å². The van der Waals surface area contributed by atoms with Gasteiger partial charge in [-0.2, -0.15) is 7.05 Å². The van der Waals surface area contributed by atoms with Gasteiger partial charge >= 0.3 is 0 Å². The molecule has 5 heteroatoms. The van der Waals surface area contributed by atoms with Gasteiger partial charge in [0.2, 0.25) is 0 Å². The van der Waals surface area contributed by atoms with Gasteiger partial charge in [0.15, 0.2) is 0 Å². The molecular weight excluding hydrogens is 96.0 g/mol. The molecule has 1 fully saturated rings. The monoisotopic (exact) mass is 102 g/mol. The van der Waals surface area contributed by atoms with Crippen molar-refractivity contribution in [2.24, 2.45) is 0 Å². The summed E-state index contributed by atoms with van der Waals surface area (Å²) >= 11 is 0. The Kier molecular flexibility index (Phi) is 1.22. The van der Waals surface area contributed by atoms with Gasteiger partial charge in [-0.25, -0.2) is 0 Å². The summed E-state index contributed by atoms with van der Waals surface area (Å²) in [6, 6.07) is 0. The fourth-order valence-corrected chi connectivity index (χ4v) is 0.295. The highest BCUT2D eigenvalue weighted by molar-refractivity contribution is 4.73. The molecule has 0 atom stereocenters. The topological polar surface area (TPSA) is 43.9 Å². The summed E-state index contributed by atoms with van der Waals surface area (Å²) in [5.41, 5.74) is 7.16. The molecule has 0 amide bonds. The summed E-state index contributed by atoms with van der Waals surface area (Å²) in [6.45, 7) is 0. The molecule has 0 bridgehead atoms. The third-order valence-corrected chi connectivity index (χ3v) is 0.565. The van der Waals surface area contributed by atoms with E-state index in [0.29, 0.717) is 0 Å². The van der Waals surface area contributed by atoms with Crippen LogP contribution in [0.25, 0.3) is 11.0 Å². The molecule has 0 unspecified atom stereocenters. The third-order valence-electron chi connectivity index (χ3n) is 0.565. The molecule has 1 aliphatic rings. The molecule has 42 valence electrons. The Morgan fingerprint density at radius 3 is 2.43 bits per heavy atom. The van der Waals surface area contributed by atoms with Gasteiger partial charge in [-0.15, -0.1) is 0 Å². The molecule has 1 saturated heterocycles. The molecule has 0 aromatic carbocycles. The molecule has 0 aromatic heterocycles. The highest BCUT2D eigenvalue weighted by Crippen LogP contribution is 2.19. The van der Waals surface area contributed by atoms with E-state index in [2.05, 4.69) is 15.9 Å². The smallest absolute Gasteiger partial charge is 0.00484 e. The van der Waals surface area contributed by atoms with Crippen LogP contribution >= 0.6 is 0 Å². The minimum atomic E-state index is 1.12. The average Bonchev–Trinajstić information content (AvgIpc) is 1.58. The number of nitrogens with zero attached hydrogens (tertiary/aromatic N) is 4. The van der Waals surface area contributed by atoms with E-state index in [1.165, 1.54) is 5.17 Å². The van der Waals surface area contributed by atoms with Crippen molar-refractivity contribution in [3.8, 4) is 0 Å². The van der Waals surface area contributed by atoms with E-state index < -0.39 is 0 Å². The lowest BCUT2D eigenvalue weighted by Gasteiger charge is -2.61. The van der Waals surface area contributed by atoms with E-state index in [1.807, 2.05) is 0 Å². The van der Waals surface area contributed by atoms with Crippen LogP contribution in [0.4, 0.5) is 0 Å². The first-order valence-electron chi connectivity index (χ1n) is 1.86. The van der Waals surface area contributed by atoms with Crippen molar-refractivity contribution in [3.63, 3.8) is 0 Å². The fraction of sp³-hybridized carbons (Fsp3) is 1.00. The van der Waals surface area contributed by atoms with Crippen molar-refractivity contribution in [2.45, 2.75) is 0 Å². The largest absolute Gasteiger partial charge is 0.589 e. The maximum Gasteiger partial charge on any atom is -0.00484 e. The molecular formula is C2H6N4O-2. The zero-order valence-electron chi connectivity index (χ0n) is 4.20. The minimum absolute atomic E-state index is 1.12. The van der Waals surface area contributed by atoms with E-state index >= 15 is 0 Å². The van der Waals surface area contributed by atoms with Gasteiger partial charge in [0.05, 0.1) is 0 Å². The van der Waals surface area contributed by atoms with E-state index in [4.69, 9.17) is 0 Å². The van der Waals surface area contributed by atoms with Crippen LogP contribution in [0.2, 0.25) is 0 Å². The summed E-state index contributed by atoms with van der Waals surface area (Å²) in [4.78, 5) is 4.62. The Hall–Kier alpha value is -0.200. The molecule has 1 aliphatic heterocycles. The summed E-state index contributed by atoms with van der Waals surface area (Å²) in [5, 5.41) is 2.44. The first kappa shape index (κ1) is 4.95. The second kappa shape index (κ2) is 1.73. The average molecular weight is 102 g/mol. The Labute approximate surface area is 41.6 Å². The van der Waals surface area contributed by atoms with Crippen LogP contribution in [0.1, 0.15) is 0 Å². The summed E-state index contributed by atoms with van der Waals surface area (Å²) in [7, 11) is 3.28. The lowest BCUT2D eigenvalue weighted by molar-refractivity contribution is -0.373. The highest BCUT2D eigenvalue weighted by Gasteiger charge is 1.93. The number of hydrogen-bond donors (Lipinski definition) is 0. The molecule has 0 spiro atoms. The fourth-order valence-electron chi connectivity index (χ4n) is 0.295. The second-order valence-electron chi connectivity index (χ2n) is 1.09. The Balaban J connectivity index is 2.06. The molecule has 0 aromatic rings. The standard InChI is InChI=1S/C2H6N4O/c1-3-6-4-5(2)7-6/h1-2H3/q-2. The molecule has 7 heavy (non-hydrogen) atoms. The number of hydroxylamine groups is 1. The zero-order chi connectivity index (χ0) is 5.28. The number of hydrogen-bond acceptors (Lipinski definition) is 3. The van der Waals surface area contributed by atoms with Gasteiger partial charge in [0.25, 0.3) is 0 Å². The lowest BCUT2D eigenvalue weighted by atomic mass is 11.4. The van der Waals surface area contributed by atoms with Gasteiger partial charge < -0.3 is 16.2 Å². The zero-order valence-corrected chi connectivity index (χ0v) is 4.20. The first-order valence-corrected chi connectivity index (χ1v) is 1.86. The van der Waals surface area contributed by atoms with E-state index in [0.717, 1.165) is 5.28 Å². The van der Waals surface area contributed by atoms with Crippen molar-refractivity contribution in [3.05, 3.63) is 11.0 Å². The first-order chi connectivity index (χ1) is 3.33. The van der Waals surface area contributed by atoms with Gasteiger partial charge in [0.1, 0.15) is 0 Å². The molecule has 1 rings (SSSR count). The molecule has 5 nitrogen and oxygen atoms in total. The van der Waals surface area contributed by atoms with Crippen molar-refractivity contribution in [1.29, 1.82) is 0 Å². The van der Waals surface area contributed by atoms with Gasteiger partial charge in [-0.1, -0.05) is 0 Å². The molecule has 0 aliphatic carbocycles. The maximum atomic E-state index is 4.62. The van der Waals surface area contributed by atoms with Crippen LogP contribution < -0.4 is 0 Å². The predicted octanol–water partition coefficient (Wildman–Crippen LogP) is 0.203. The van der Waals surface area contributed by atoms with E-state index in [-0.39, 0.29) is 0 Å². The molecule has 1 heterocycles. The minimum Gasteiger partial charge on any atom is -0.589 e. The SMILES string of the molecule is C[N-]N1[N-]N(C)O1. The van der Waals surface area contributed by atoms with Crippen LogP contribution in [-0.4, -0.2) is 24.5 Å². The van der Waals surface area contributed by atoms with Crippen LogP contribution in [0.5, 0.6) is 0 Å². The Bertz CT molecular complexity index is 60.7. The molecule has 0 N–H and O–H groups in total. The number of rotatable bonds is 1. The van der Waals surface area contributed by atoms with Gasteiger partial charge in [-0.05, 0) is 7.05 Å². The Morgan fingerprint density at radius 1 is 1.71 bits per heavy atom. The molecule has 0 saturated carbocycles. The van der Waals surface area contributed by atoms with E-state index in [9.17, 15) is 0 Å². The quantitative estimate of drug-likeness (QED) is 0.475.